The first kappa shape index (κ1) is 20.0. The van der Waals surface area contributed by atoms with E-state index in [-0.39, 0.29) is 0 Å². The van der Waals surface area contributed by atoms with E-state index in [4.69, 9.17) is 0 Å². The van der Waals surface area contributed by atoms with Gasteiger partial charge < -0.3 is 4.98 Å². The first-order valence-corrected chi connectivity index (χ1v) is 9.91. The highest BCUT2D eigenvalue weighted by Gasteiger charge is 2.12. The third-order valence-corrected chi connectivity index (χ3v) is 4.75. The van der Waals surface area contributed by atoms with Crippen LogP contribution in [-0.2, 0) is 12.8 Å². The first-order chi connectivity index (χ1) is 12.8. The molecule has 0 radical (unpaired) electrons. The molecular weight excluding hydrogens is 315 g/mol. The number of nitrogens with zero attached hydrogens (tertiary/aromatic N) is 1. The Morgan fingerprint density at radius 1 is 0.885 bits per heavy atom. The summed E-state index contributed by atoms with van der Waals surface area (Å²) in [5.74, 6) is 0.553. The van der Waals surface area contributed by atoms with Crippen LogP contribution >= 0.6 is 0 Å². The van der Waals surface area contributed by atoms with Gasteiger partial charge >= 0.3 is 0 Å². The largest absolute Gasteiger partial charge is 0.348 e. The van der Waals surface area contributed by atoms with E-state index in [0.717, 1.165) is 12.8 Å². The van der Waals surface area contributed by atoms with E-state index < -0.39 is 0 Å². The number of nitrogens with one attached hydrogen (secondary N) is 1. The predicted molar refractivity (Wildman–Crippen MR) is 115 cm³/mol. The van der Waals surface area contributed by atoms with Crippen LogP contribution in [0.1, 0.15) is 55.1 Å². The molecule has 0 fully saturated rings. The fourth-order valence-electron chi connectivity index (χ4n) is 3.26. The normalized spacial score (nSPS) is 10.4. The van der Waals surface area contributed by atoms with Crippen molar-refractivity contribution >= 4 is 7.85 Å². The molecule has 0 aliphatic heterocycles. The standard InChI is InChI=1S/C16H19B.C7H12N2/c17-13-7-12-16(14-8-3-1-4-9-14)15-10-5-2-6-11-15;1-3-6-7(4-2)9-5-8-6/h1-6,8-11,16H,7,12-13,17H2;5H,3-4H2,1-2H3,(H,8,9). The van der Waals surface area contributed by atoms with Crippen LogP contribution in [0.25, 0.3) is 0 Å². The number of aryl methyl sites for hydroxylation is 2. The van der Waals surface area contributed by atoms with Crippen molar-refractivity contribution in [2.75, 3.05) is 0 Å². The van der Waals surface area contributed by atoms with Crippen LogP contribution in [0.2, 0.25) is 6.32 Å². The van der Waals surface area contributed by atoms with E-state index >= 15 is 0 Å². The zero-order chi connectivity index (χ0) is 18.6. The third-order valence-electron chi connectivity index (χ3n) is 4.75. The Morgan fingerprint density at radius 3 is 1.88 bits per heavy atom. The Kier molecular flexibility index (Phi) is 8.75. The molecule has 0 bridgehead atoms. The van der Waals surface area contributed by atoms with Crippen molar-refractivity contribution in [1.82, 2.24) is 9.97 Å². The molecule has 2 nitrogen and oxygen atoms in total. The van der Waals surface area contributed by atoms with Gasteiger partial charge in [0, 0.05) is 11.6 Å². The molecule has 1 heterocycles. The molecule has 136 valence electrons. The molecule has 0 aliphatic rings. The number of aromatic amines is 1. The highest BCUT2D eigenvalue weighted by molar-refractivity contribution is 6.08. The summed E-state index contributed by atoms with van der Waals surface area (Å²) in [6, 6.07) is 21.7. The smallest absolute Gasteiger partial charge is 0.101 e. The van der Waals surface area contributed by atoms with Crippen molar-refractivity contribution in [2.45, 2.75) is 51.8 Å². The molecule has 26 heavy (non-hydrogen) atoms. The first-order valence-electron chi connectivity index (χ1n) is 9.91. The van der Waals surface area contributed by atoms with Crippen molar-refractivity contribution in [3.63, 3.8) is 0 Å². The summed E-state index contributed by atoms with van der Waals surface area (Å²) in [7, 11) is 2.26. The van der Waals surface area contributed by atoms with Crippen LogP contribution in [0.15, 0.2) is 67.0 Å². The van der Waals surface area contributed by atoms with Gasteiger partial charge in [-0.2, -0.15) is 0 Å². The van der Waals surface area contributed by atoms with Crippen molar-refractivity contribution in [2.24, 2.45) is 0 Å². The summed E-state index contributed by atoms with van der Waals surface area (Å²) in [5.41, 5.74) is 5.36. The van der Waals surface area contributed by atoms with Crippen LogP contribution in [-0.4, -0.2) is 17.8 Å². The molecule has 3 heteroatoms. The SMILES string of the molecule is BCCCC(c1ccccc1)c1ccccc1.CCc1nc[nH]c1CC. The topological polar surface area (TPSA) is 28.7 Å². The van der Waals surface area contributed by atoms with E-state index in [0.29, 0.717) is 5.92 Å². The van der Waals surface area contributed by atoms with Crippen LogP contribution in [0, 0.1) is 0 Å². The molecule has 2 aromatic carbocycles. The maximum absolute atomic E-state index is 4.15. The second-order valence-corrected chi connectivity index (χ2v) is 6.55. The lowest BCUT2D eigenvalue weighted by Crippen LogP contribution is -2.00. The van der Waals surface area contributed by atoms with E-state index in [9.17, 15) is 0 Å². The number of rotatable bonds is 7. The summed E-state index contributed by atoms with van der Waals surface area (Å²) in [6.45, 7) is 4.25. The van der Waals surface area contributed by atoms with Gasteiger partial charge in [-0.3, -0.25) is 0 Å². The average molecular weight is 346 g/mol. The summed E-state index contributed by atoms with van der Waals surface area (Å²) in [6.07, 6.45) is 7.64. The lowest BCUT2D eigenvalue weighted by atomic mass is 9.85. The van der Waals surface area contributed by atoms with Crippen LogP contribution in [0.4, 0.5) is 0 Å². The Labute approximate surface area is 159 Å². The van der Waals surface area contributed by atoms with Gasteiger partial charge in [0.2, 0.25) is 0 Å². The minimum absolute atomic E-state index is 0.553. The van der Waals surface area contributed by atoms with Crippen LogP contribution in [0.3, 0.4) is 0 Å². The molecule has 1 N–H and O–H groups in total. The zero-order valence-corrected chi connectivity index (χ0v) is 16.4. The molecule has 3 rings (SSSR count). The molecule has 0 atom stereocenters. The second kappa shape index (κ2) is 11.4. The summed E-state index contributed by atoms with van der Waals surface area (Å²) in [5, 5.41) is 0. The van der Waals surface area contributed by atoms with E-state index in [1.54, 1.807) is 6.33 Å². The summed E-state index contributed by atoms with van der Waals surface area (Å²) >= 11 is 0. The molecule has 0 saturated carbocycles. The number of aromatic nitrogens is 2. The summed E-state index contributed by atoms with van der Waals surface area (Å²) in [4.78, 5) is 7.25. The highest BCUT2D eigenvalue weighted by Crippen LogP contribution is 2.29. The van der Waals surface area contributed by atoms with Gasteiger partial charge in [-0.1, -0.05) is 87.3 Å². The Balaban J connectivity index is 0.000000228. The fourth-order valence-corrected chi connectivity index (χ4v) is 3.26. The minimum atomic E-state index is 0.553. The maximum atomic E-state index is 4.15. The van der Waals surface area contributed by atoms with Gasteiger partial charge in [-0.05, 0) is 30.4 Å². The number of benzene rings is 2. The molecule has 3 aromatic rings. The van der Waals surface area contributed by atoms with Crippen LogP contribution in [0.5, 0.6) is 0 Å². The quantitative estimate of drug-likeness (QED) is 0.587. The van der Waals surface area contributed by atoms with Gasteiger partial charge in [-0.15, -0.1) is 0 Å². The molecule has 0 saturated heterocycles. The van der Waals surface area contributed by atoms with E-state index in [2.05, 4.69) is 92.3 Å². The maximum Gasteiger partial charge on any atom is 0.101 e. The average Bonchev–Trinajstić information content (AvgIpc) is 3.18. The van der Waals surface area contributed by atoms with Gasteiger partial charge in [-0.25, -0.2) is 4.98 Å². The number of H-pyrrole nitrogens is 1. The third kappa shape index (κ3) is 5.91. The van der Waals surface area contributed by atoms with Crippen molar-refractivity contribution in [3.05, 3.63) is 89.5 Å². The second-order valence-electron chi connectivity index (χ2n) is 6.55. The van der Waals surface area contributed by atoms with Gasteiger partial charge in [0.05, 0.1) is 12.0 Å². The highest BCUT2D eigenvalue weighted by atomic mass is 14.9. The van der Waals surface area contributed by atoms with Gasteiger partial charge in [0.1, 0.15) is 7.85 Å². The van der Waals surface area contributed by atoms with Crippen molar-refractivity contribution < 1.29 is 0 Å². The molecule has 0 unspecified atom stereocenters. The minimum Gasteiger partial charge on any atom is -0.348 e. The number of hydrogen-bond acceptors (Lipinski definition) is 1. The molecule has 0 amide bonds. The Hall–Kier alpha value is -2.29. The zero-order valence-electron chi connectivity index (χ0n) is 16.4. The predicted octanol–water partition coefficient (Wildman–Crippen LogP) is 5.18. The molecular formula is C23H31BN2. The Morgan fingerprint density at radius 2 is 1.46 bits per heavy atom. The van der Waals surface area contributed by atoms with Crippen molar-refractivity contribution in [1.29, 1.82) is 0 Å². The van der Waals surface area contributed by atoms with Gasteiger partial charge in [0.25, 0.3) is 0 Å². The van der Waals surface area contributed by atoms with E-state index in [1.807, 2.05) is 0 Å². The summed E-state index contributed by atoms with van der Waals surface area (Å²) < 4.78 is 0. The van der Waals surface area contributed by atoms with E-state index in [1.165, 1.54) is 41.7 Å². The molecule has 1 aromatic heterocycles. The Bertz CT molecular complexity index is 664. The van der Waals surface area contributed by atoms with Gasteiger partial charge in [0.15, 0.2) is 0 Å². The lowest BCUT2D eigenvalue weighted by molar-refractivity contribution is 0.698. The van der Waals surface area contributed by atoms with Crippen LogP contribution < -0.4 is 0 Å². The monoisotopic (exact) mass is 346 g/mol. The molecule has 0 aliphatic carbocycles. The number of hydrogen-bond donors (Lipinski definition) is 1. The number of imidazole rings is 1. The molecule has 0 spiro atoms. The lowest BCUT2D eigenvalue weighted by Gasteiger charge is -2.17. The fraction of sp³-hybridized carbons (Fsp3) is 0.348. The van der Waals surface area contributed by atoms with Crippen molar-refractivity contribution in [3.8, 4) is 0 Å².